The summed E-state index contributed by atoms with van der Waals surface area (Å²) < 4.78 is 1.62. The lowest BCUT2D eigenvalue weighted by atomic mass is 9.53. The Labute approximate surface area is 164 Å². The minimum absolute atomic E-state index is 0.110. The molecule has 0 saturated heterocycles. The molecular weight excluding hydrogens is 356 g/mol. The highest BCUT2D eigenvalue weighted by atomic mass is 16.3. The first kappa shape index (κ1) is 18.7. The van der Waals surface area contributed by atoms with Crippen LogP contribution in [0.5, 0.6) is 0 Å². The van der Waals surface area contributed by atoms with Gasteiger partial charge in [0.15, 0.2) is 5.69 Å². The number of nitrogens with one attached hydrogen (secondary N) is 2. The van der Waals surface area contributed by atoms with Crippen LogP contribution in [0.1, 0.15) is 65.2 Å². The van der Waals surface area contributed by atoms with Crippen LogP contribution in [0.3, 0.4) is 0 Å². The van der Waals surface area contributed by atoms with Crippen LogP contribution in [0.2, 0.25) is 0 Å². The monoisotopic (exact) mass is 382 g/mol. The van der Waals surface area contributed by atoms with Crippen molar-refractivity contribution in [3.63, 3.8) is 0 Å². The first-order valence-electron chi connectivity index (χ1n) is 9.76. The van der Waals surface area contributed by atoms with Crippen LogP contribution in [0.25, 0.3) is 0 Å². The van der Waals surface area contributed by atoms with Gasteiger partial charge in [0.1, 0.15) is 5.69 Å². The molecule has 28 heavy (non-hydrogen) atoms. The van der Waals surface area contributed by atoms with E-state index in [4.69, 9.17) is 0 Å². The van der Waals surface area contributed by atoms with Gasteiger partial charge in [-0.25, -0.2) is 0 Å². The van der Waals surface area contributed by atoms with Gasteiger partial charge in [-0.05, 0) is 43.6 Å². The lowest BCUT2D eigenvalue weighted by Gasteiger charge is -2.56. The van der Waals surface area contributed by atoms with Gasteiger partial charge in [-0.2, -0.15) is 5.10 Å². The quantitative estimate of drug-likeness (QED) is 0.736. The van der Waals surface area contributed by atoms with Crippen LogP contribution in [0.4, 0.5) is 0 Å². The van der Waals surface area contributed by atoms with E-state index in [1.165, 1.54) is 0 Å². The zero-order valence-electron chi connectivity index (χ0n) is 16.2. The minimum atomic E-state index is -0.320. The molecule has 0 radical (unpaired) electrons. The zero-order valence-corrected chi connectivity index (χ0v) is 16.2. The summed E-state index contributed by atoms with van der Waals surface area (Å²) in [5, 5.41) is 19.6. The lowest BCUT2D eigenvalue weighted by molar-refractivity contribution is -0.0950. The largest absolute Gasteiger partial charge is 0.393 e. The van der Waals surface area contributed by atoms with Crippen molar-refractivity contribution in [2.75, 3.05) is 7.05 Å². The van der Waals surface area contributed by atoms with E-state index < -0.39 is 0 Å². The molecule has 0 bridgehead atoms. The second-order valence-corrected chi connectivity index (χ2v) is 8.17. The molecule has 2 amide bonds. The summed E-state index contributed by atoms with van der Waals surface area (Å²) in [5.41, 5.74) is 1.84. The Balaban J connectivity index is 1.54. The van der Waals surface area contributed by atoms with Crippen molar-refractivity contribution >= 4 is 11.8 Å². The molecule has 2 aromatic rings. The first-order chi connectivity index (χ1) is 13.4. The molecule has 2 aliphatic carbocycles. The number of hydrogen-bond acceptors (Lipinski definition) is 4. The number of aliphatic hydroxyl groups is 1. The average molecular weight is 382 g/mol. The fourth-order valence-electron chi connectivity index (χ4n) is 4.59. The molecular formula is C21H26N4O3. The van der Waals surface area contributed by atoms with E-state index in [-0.39, 0.29) is 41.1 Å². The molecule has 1 aromatic heterocycles. The van der Waals surface area contributed by atoms with Crippen molar-refractivity contribution in [3.8, 4) is 0 Å². The second-order valence-electron chi connectivity index (χ2n) is 8.17. The number of aliphatic hydroxyl groups excluding tert-OH is 1. The summed E-state index contributed by atoms with van der Waals surface area (Å²) in [5.74, 6) is -0.538. The number of benzene rings is 1. The van der Waals surface area contributed by atoms with Gasteiger partial charge in [-0.3, -0.25) is 14.3 Å². The number of nitrogens with zero attached hydrogens (tertiary/aromatic N) is 2. The minimum Gasteiger partial charge on any atom is -0.393 e. The van der Waals surface area contributed by atoms with Crippen LogP contribution in [-0.4, -0.2) is 45.9 Å². The van der Waals surface area contributed by atoms with Gasteiger partial charge >= 0.3 is 0 Å². The maximum Gasteiger partial charge on any atom is 0.271 e. The maximum absolute atomic E-state index is 13.0. The number of carbonyl (C=O) groups excluding carboxylic acids is 2. The van der Waals surface area contributed by atoms with E-state index in [1.807, 2.05) is 37.3 Å². The number of carbonyl (C=O) groups is 2. The number of amides is 2. The van der Waals surface area contributed by atoms with Crippen molar-refractivity contribution in [1.82, 2.24) is 20.4 Å². The van der Waals surface area contributed by atoms with Crippen LogP contribution in [0, 0.1) is 5.41 Å². The Bertz CT molecular complexity index is 878. The molecule has 3 N–H and O–H groups in total. The van der Waals surface area contributed by atoms with Gasteiger partial charge in [-0.1, -0.05) is 30.3 Å². The Morgan fingerprint density at radius 2 is 1.86 bits per heavy atom. The van der Waals surface area contributed by atoms with E-state index in [0.717, 1.165) is 31.2 Å². The van der Waals surface area contributed by atoms with Crippen molar-refractivity contribution in [3.05, 3.63) is 53.3 Å². The molecule has 0 aliphatic heterocycles. The van der Waals surface area contributed by atoms with E-state index in [2.05, 4.69) is 15.7 Å². The number of hydrogen-bond donors (Lipinski definition) is 3. The lowest BCUT2D eigenvalue weighted by Crippen LogP contribution is -2.57. The molecule has 2 saturated carbocycles. The molecule has 4 rings (SSSR count). The predicted octanol–water partition coefficient (Wildman–Crippen LogP) is 1.89. The Morgan fingerprint density at radius 3 is 2.46 bits per heavy atom. The molecule has 148 valence electrons. The van der Waals surface area contributed by atoms with Crippen LogP contribution in [-0.2, 0) is 0 Å². The molecule has 1 heterocycles. The standard InChI is InChI=1S/C21H26N4O3/c1-13(14-6-4-3-5-7-14)25-18(8-17(24-25)19(27)22-2)20(28)23-15-9-21(10-15)11-16(26)12-21/h3-8,13,15-16,26H,9-12H2,1-2H3,(H,22,27)(H,23,28). The fraction of sp³-hybridized carbons (Fsp3) is 0.476. The summed E-state index contributed by atoms with van der Waals surface area (Å²) >= 11 is 0. The molecule has 1 unspecified atom stereocenters. The smallest absolute Gasteiger partial charge is 0.271 e. The summed E-state index contributed by atoms with van der Waals surface area (Å²) in [6, 6.07) is 11.2. The van der Waals surface area contributed by atoms with Gasteiger partial charge < -0.3 is 15.7 Å². The second kappa shape index (κ2) is 7.05. The van der Waals surface area contributed by atoms with E-state index in [9.17, 15) is 14.7 Å². The van der Waals surface area contributed by atoms with Gasteiger partial charge in [-0.15, -0.1) is 0 Å². The van der Waals surface area contributed by atoms with Gasteiger partial charge in [0.05, 0.1) is 12.1 Å². The highest BCUT2D eigenvalue weighted by Crippen LogP contribution is 2.55. The van der Waals surface area contributed by atoms with E-state index in [1.54, 1.807) is 17.8 Å². The fourth-order valence-corrected chi connectivity index (χ4v) is 4.59. The summed E-state index contributed by atoms with van der Waals surface area (Å²) in [7, 11) is 1.54. The summed E-state index contributed by atoms with van der Waals surface area (Å²) in [6.45, 7) is 1.96. The van der Waals surface area contributed by atoms with Crippen LogP contribution in [0.15, 0.2) is 36.4 Å². The van der Waals surface area contributed by atoms with Crippen LogP contribution >= 0.6 is 0 Å². The van der Waals surface area contributed by atoms with Crippen molar-refractivity contribution in [2.45, 2.75) is 50.8 Å². The molecule has 7 nitrogen and oxygen atoms in total. The Morgan fingerprint density at radius 1 is 1.18 bits per heavy atom. The third-order valence-corrected chi connectivity index (χ3v) is 6.11. The van der Waals surface area contributed by atoms with Crippen molar-refractivity contribution in [1.29, 1.82) is 0 Å². The number of rotatable bonds is 5. The molecule has 2 fully saturated rings. The number of aromatic nitrogens is 2. The molecule has 1 spiro atoms. The molecule has 7 heteroatoms. The van der Waals surface area contributed by atoms with Crippen LogP contribution < -0.4 is 10.6 Å². The SMILES string of the molecule is CNC(=O)c1cc(C(=O)NC2CC3(CC(O)C3)C2)n(C(C)c2ccccc2)n1. The first-order valence-corrected chi connectivity index (χ1v) is 9.76. The van der Waals surface area contributed by atoms with Crippen molar-refractivity contribution < 1.29 is 14.7 Å². The van der Waals surface area contributed by atoms with E-state index >= 15 is 0 Å². The maximum atomic E-state index is 13.0. The molecule has 1 atom stereocenters. The van der Waals surface area contributed by atoms with E-state index in [0.29, 0.717) is 5.69 Å². The van der Waals surface area contributed by atoms with Crippen molar-refractivity contribution in [2.24, 2.45) is 5.41 Å². The third-order valence-electron chi connectivity index (χ3n) is 6.11. The average Bonchev–Trinajstić information content (AvgIpc) is 3.10. The summed E-state index contributed by atoms with van der Waals surface area (Å²) in [4.78, 5) is 25.0. The van der Waals surface area contributed by atoms with Gasteiger partial charge in [0.2, 0.25) is 0 Å². The highest BCUT2D eigenvalue weighted by Gasteiger charge is 2.52. The van der Waals surface area contributed by atoms with Gasteiger partial charge in [0, 0.05) is 19.2 Å². The normalized spacial score (nSPS) is 26.8. The Kier molecular flexibility index (Phi) is 4.71. The third kappa shape index (κ3) is 3.30. The summed E-state index contributed by atoms with van der Waals surface area (Å²) in [6.07, 6.45) is 3.30. The topological polar surface area (TPSA) is 96.3 Å². The van der Waals surface area contributed by atoms with Gasteiger partial charge in [0.25, 0.3) is 11.8 Å². The predicted molar refractivity (Wildman–Crippen MR) is 104 cm³/mol. The molecule has 1 aromatic carbocycles. The Hall–Kier alpha value is -2.67. The molecule has 2 aliphatic rings. The highest BCUT2D eigenvalue weighted by molar-refractivity contribution is 5.98. The zero-order chi connectivity index (χ0) is 19.9.